The molecule has 4 heteroatoms. The number of aromatic nitrogens is 3. The molecule has 0 radical (unpaired) electrons. The van der Waals surface area contributed by atoms with E-state index in [1.165, 1.54) is 5.56 Å². The van der Waals surface area contributed by atoms with Crippen LogP contribution >= 0.6 is 0 Å². The third kappa shape index (κ3) is 2.62. The highest BCUT2D eigenvalue weighted by atomic mass is 16.3. The zero-order valence-electron chi connectivity index (χ0n) is 18.6. The fraction of sp³-hybridized carbons (Fsp3) is 0.143. The first-order chi connectivity index (χ1) is 15.5. The van der Waals surface area contributed by atoms with Crippen molar-refractivity contribution in [3.8, 4) is 17.1 Å². The molecular weight excluding hydrogens is 394 g/mol. The number of rotatable bonds is 2. The zero-order chi connectivity index (χ0) is 22.0. The molecule has 0 spiro atoms. The van der Waals surface area contributed by atoms with Gasteiger partial charge in [-0.3, -0.25) is 9.55 Å². The Kier molecular flexibility index (Phi) is 3.99. The molecule has 6 rings (SSSR count). The summed E-state index contributed by atoms with van der Waals surface area (Å²) >= 11 is 0. The summed E-state index contributed by atoms with van der Waals surface area (Å²) in [6.45, 7) is 8.30. The van der Waals surface area contributed by atoms with Crippen LogP contribution in [0.15, 0.2) is 71.1 Å². The summed E-state index contributed by atoms with van der Waals surface area (Å²) in [4.78, 5) is 9.73. The number of fused-ring (bicyclic) bond motifs is 4. The molecule has 0 amide bonds. The van der Waals surface area contributed by atoms with Gasteiger partial charge in [-0.25, -0.2) is 4.98 Å². The van der Waals surface area contributed by atoms with Crippen LogP contribution in [0.3, 0.4) is 0 Å². The predicted octanol–water partition coefficient (Wildman–Crippen LogP) is 7.22. The Morgan fingerprint density at radius 1 is 0.719 bits per heavy atom. The van der Waals surface area contributed by atoms with Gasteiger partial charge in [0.05, 0.1) is 28.0 Å². The van der Waals surface area contributed by atoms with E-state index >= 15 is 0 Å². The second-order valence-corrected chi connectivity index (χ2v) is 8.51. The lowest BCUT2D eigenvalue weighted by Gasteiger charge is -2.14. The number of aryl methyl sites for hydroxylation is 4. The van der Waals surface area contributed by atoms with Gasteiger partial charge in [0.2, 0.25) is 0 Å². The van der Waals surface area contributed by atoms with E-state index in [9.17, 15) is 0 Å². The van der Waals surface area contributed by atoms with Crippen molar-refractivity contribution in [1.29, 1.82) is 0 Å². The first kappa shape index (κ1) is 18.8. The largest absolute Gasteiger partial charge is 0.453 e. The molecule has 3 heterocycles. The third-order valence-electron chi connectivity index (χ3n) is 6.27. The van der Waals surface area contributed by atoms with Crippen molar-refractivity contribution in [3.63, 3.8) is 0 Å². The van der Waals surface area contributed by atoms with Crippen LogP contribution in [-0.4, -0.2) is 14.5 Å². The Labute approximate surface area is 186 Å². The summed E-state index contributed by atoms with van der Waals surface area (Å²) in [5.74, 6) is 0.894. The van der Waals surface area contributed by atoms with Crippen molar-refractivity contribution >= 4 is 33.0 Å². The number of hydrogen-bond donors (Lipinski definition) is 0. The second kappa shape index (κ2) is 6.79. The highest BCUT2D eigenvalue weighted by Crippen LogP contribution is 2.40. The highest BCUT2D eigenvalue weighted by Gasteiger charge is 2.22. The molecule has 3 aromatic heterocycles. The van der Waals surface area contributed by atoms with Crippen molar-refractivity contribution in [2.75, 3.05) is 0 Å². The number of nitrogens with zero attached hydrogens (tertiary/aromatic N) is 3. The van der Waals surface area contributed by atoms with Crippen molar-refractivity contribution in [2.45, 2.75) is 27.7 Å². The van der Waals surface area contributed by atoms with Crippen LogP contribution in [0.25, 0.3) is 50.0 Å². The lowest BCUT2D eigenvalue weighted by molar-refractivity contribution is 0.662. The first-order valence-electron chi connectivity index (χ1n) is 10.9. The van der Waals surface area contributed by atoms with Crippen LogP contribution in [0.4, 0.5) is 0 Å². The lowest BCUT2D eigenvalue weighted by Crippen LogP contribution is -2.01. The van der Waals surface area contributed by atoms with Crippen molar-refractivity contribution < 1.29 is 4.42 Å². The van der Waals surface area contributed by atoms with E-state index < -0.39 is 0 Å². The van der Waals surface area contributed by atoms with Crippen LogP contribution in [0.5, 0.6) is 0 Å². The number of para-hydroxylation sites is 3. The number of benzene rings is 3. The quantitative estimate of drug-likeness (QED) is 0.299. The Bertz CT molecular complexity index is 1670. The predicted molar refractivity (Wildman–Crippen MR) is 131 cm³/mol. The van der Waals surface area contributed by atoms with Crippen LogP contribution in [0.1, 0.15) is 22.5 Å². The summed E-state index contributed by atoms with van der Waals surface area (Å²) < 4.78 is 8.77. The maximum Gasteiger partial charge on any atom is 0.156 e. The van der Waals surface area contributed by atoms with E-state index in [0.717, 1.165) is 67.0 Å². The highest BCUT2D eigenvalue weighted by molar-refractivity contribution is 6.10. The molecule has 0 bridgehead atoms. The average molecular weight is 418 g/mol. The van der Waals surface area contributed by atoms with E-state index in [-0.39, 0.29) is 0 Å². The Hall–Kier alpha value is -3.92. The molecule has 0 atom stereocenters. The SMILES string of the molecule is Cc1cc2c(oc3c(-c4nc5ccccc5n4-c4ccccc4C)c(C)ccc32)c(C)n1. The van der Waals surface area contributed by atoms with E-state index in [2.05, 4.69) is 84.1 Å². The summed E-state index contributed by atoms with van der Waals surface area (Å²) in [6, 6.07) is 23.2. The van der Waals surface area contributed by atoms with Crippen molar-refractivity contribution in [3.05, 3.63) is 89.2 Å². The smallest absolute Gasteiger partial charge is 0.156 e. The molecule has 156 valence electrons. The Morgan fingerprint density at radius 2 is 1.50 bits per heavy atom. The van der Waals surface area contributed by atoms with Crippen molar-refractivity contribution in [2.24, 2.45) is 0 Å². The summed E-state index contributed by atoms with van der Waals surface area (Å²) in [6.07, 6.45) is 0. The molecule has 0 aliphatic rings. The molecule has 6 aromatic rings. The standard InChI is InChI=1S/C28H23N3O/c1-16-9-5-7-11-23(16)31-24-12-8-6-10-22(24)30-28(31)25-17(2)13-14-20-21-15-18(3)29-19(4)26(21)32-27(20)25/h5-15H,1-4H3. The molecule has 0 aliphatic heterocycles. The second-order valence-electron chi connectivity index (χ2n) is 8.51. The van der Waals surface area contributed by atoms with Crippen molar-refractivity contribution in [1.82, 2.24) is 14.5 Å². The van der Waals surface area contributed by atoms with E-state index in [1.54, 1.807) is 0 Å². The van der Waals surface area contributed by atoms with Crippen LogP contribution < -0.4 is 0 Å². The number of pyridine rings is 1. The number of hydrogen-bond acceptors (Lipinski definition) is 3. The van der Waals surface area contributed by atoms with Gasteiger partial charge in [0.25, 0.3) is 0 Å². The van der Waals surface area contributed by atoms with Gasteiger partial charge in [-0.15, -0.1) is 0 Å². The van der Waals surface area contributed by atoms with Gasteiger partial charge in [0.1, 0.15) is 11.4 Å². The normalized spacial score (nSPS) is 11.8. The van der Waals surface area contributed by atoms with Gasteiger partial charge < -0.3 is 4.42 Å². The van der Waals surface area contributed by atoms with Crippen LogP contribution in [0.2, 0.25) is 0 Å². The molecule has 0 unspecified atom stereocenters. The maximum atomic E-state index is 6.51. The van der Waals surface area contributed by atoms with Gasteiger partial charge in [-0.2, -0.15) is 0 Å². The lowest BCUT2D eigenvalue weighted by atomic mass is 10.0. The zero-order valence-corrected chi connectivity index (χ0v) is 18.6. The monoisotopic (exact) mass is 417 g/mol. The van der Waals surface area contributed by atoms with Gasteiger partial charge in [0.15, 0.2) is 5.58 Å². The third-order valence-corrected chi connectivity index (χ3v) is 6.27. The molecule has 4 nitrogen and oxygen atoms in total. The molecule has 0 fully saturated rings. The number of imidazole rings is 1. The molecule has 0 saturated carbocycles. The van der Waals surface area contributed by atoms with Gasteiger partial charge in [-0.05, 0) is 63.1 Å². The van der Waals surface area contributed by atoms with Crippen LogP contribution in [0, 0.1) is 27.7 Å². The summed E-state index contributed by atoms with van der Waals surface area (Å²) in [5, 5.41) is 2.20. The molecule has 0 saturated heterocycles. The maximum absolute atomic E-state index is 6.51. The average Bonchev–Trinajstić information content (AvgIpc) is 3.33. The molecule has 3 aromatic carbocycles. The van der Waals surface area contributed by atoms with Crippen LogP contribution in [-0.2, 0) is 0 Å². The van der Waals surface area contributed by atoms with Gasteiger partial charge in [0, 0.05) is 16.5 Å². The van der Waals surface area contributed by atoms with E-state index in [0.29, 0.717) is 0 Å². The number of furan rings is 1. The molecule has 0 aliphatic carbocycles. The Morgan fingerprint density at radius 3 is 2.34 bits per heavy atom. The molecule has 0 N–H and O–H groups in total. The van der Waals surface area contributed by atoms with E-state index in [4.69, 9.17) is 9.40 Å². The minimum absolute atomic E-state index is 0.844. The van der Waals surface area contributed by atoms with Gasteiger partial charge in [-0.1, -0.05) is 42.5 Å². The minimum Gasteiger partial charge on any atom is -0.453 e. The fourth-order valence-electron chi connectivity index (χ4n) is 4.78. The fourth-order valence-corrected chi connectivity index (χ4v) is 4.78. The Balaban J connectivity index is 1.78. The topological polar surface area (TPSA) is 43.9 Å². The molecule has 32 heavy (non-hydrogen) atoms. The summed E-state index contributed by atoms with van der Waals surface area (Å²) in [7, 11) is 0. The minimum atomic E-state index is 0.844. The van der Waals surface area contributed by atoms with Gasteiger partial charge >= 0.3 is 0 Å². The van der Waals surface area contributed by atoms with E-state index in [1.807, 2.05) is 19.9 Å². The first-order valence-corrected chi connectivity index (χ1v) is 10.9. The summed E-state index contributed by atoms with van der Waals surface area (Å²) in [5.41, 5.74) is 10.1. The molecular formula is C28H23N3O.